The van der Waals surface area contributed by atoms with Gasteiger partial charge in [-0.05, 0) is 30.5 Å². The first-order valence-electron chi connectivity index (χ1n) is 6.78. The van der Waals surface area contributed by atoms with E-state index in [0.29, 0.717) is 25.0 Å². The average Bonchev–Trinajstić information content (AvgIpc) is 3.16. The molecule has 1 saturated carbocycles. The molecule has 0 atom stereocenters. The molecule has 0 aliphatic heterocycles. The molecule has 2 aromatic rings. The fraction of sp³-hybridized carbons (Fsp3) is 0.429. The summed E-state index contributed by atoms with van der Waals surface area (Å²) in [6.07, 6.45) is -0.298. The van der Waals surface area contributed by atoms with Crippen molar-refractivity contribution in [2.45, 2.75) is 38.1 Å². The Kier molecular flexibility index (Phi) is 3.67. The van der Waals surface area contributed by atoms with Gasteiger partial charge in [-0.2, -0.15) is 18.3 Å². The van der Waals surface area contributed by atoms with Crippen molar-refractivity contribution in [2.24, 2.45) is 0 Å². The van der Waals surface area contributed by atoms with Crippen LogP contribution in [0.1, 0.15) is 29.8 Å². The Morgan fingerprint density at radius 2 is 1.90 bits per heavy atom. The minimum absolute atomic E-state index is 0.411. The molecule has 112 valence electrons. The Balaban J connectivity index is 1.60. The lowest BCUT2D eigenvalue weighted by atomic mass is 10.1. The van der Waals surface area contributed by atoms with Crippen LogP contribution in [-0.4, -0.2) is 20.8 Å². The summed E-state index contributed by atoms with van der Waals surface area (Å²) in [5.41, 5.74) is 0.119. The Morgan fingerprint density at radius 3 is 2.52 bits per heavy atom. The van der Waals surface area contributed by atoms with Gasteiger partial charge in [0, 0.05) is 6.04 Å². The number of benzene rings is 1. The maximum Gasteiger partial charge on any atom is 0.416 e. The molecule has 1 aromatic heterocycles. The van der Waals surface area contributed by atoms with Crippen molar-refractivity contribution in [3.63, 3.8) is 0 Å². The molecule has 1 aliphatic rings. The van der Waals surface area contributed by atoms with Crippen molar-refractivity contribution in [3.8, 4) is 0 Å². The predicted octanol–water partition coefficient (Wildman–Crippen LogP) is 2.60. The normalized spacial score (nSPS) is 15.4. The third-order valence-corrected chi connectivity index (χ3v) is 3.34. The first kappa shape index (κ1) is 14.1. The van der Waals surface area contributed by atoms with Crippen LogP contribution in [0, 0.1) is 0 Å². The van der Waals surface area contributed by atoms with E-state index in [1.165, 1.54) is 25.0 Å². The van der Waals surface area contributed by atoms with Crippen LogP contribution in [0.5, 0.6) is 0 Å². The van der Waals surface area contributed by atoms with E-state index in [-0.39, 0.29) is 0 Å². The van der Waals surface area contributed by atoms with Gasteiger partial charge in [0.1, 0.15) is 6.33 Å². The number of alkyl halides is 3. The van der Waals surface area contributed by atoms with Crippen LogP contribution >= 0.6 is 0 Å². The zero-order valence-corrected chi connectivity index (χ0v) is 11.3. The summed E-state index contributed by atoms with van der Waals surface area (Å²) in [6, 6.07) is 5.69. The minimum atomic E-state index is -4.30. The molecule has 21 heavy (non-hydrogen) atoms. The summed E-state index contributed by atoms with van der Waals surface area (Å²) >= 11 is 0. The molecule has 4 nitrogen and oxygen atoms in total. The molecule has 1 N–H and O–H groups in total. The van der Waals surface area contributed by atoms with Crippen LogP contribution in [-0.2, 0) is 19.3 Å². The maximum absolute atomic E-state index is 12.5. The molecular formula is C14H15F3N4. The van der Waals surface area contributed by atoms with Gasteiger partial charge >= 0.3 is 6.18 Å². The number of nitrogens with zero attached hydrogens (tertiary/aromatic N) is 3. The Bertz CT molecular complexity index is 599. The molecule has 0 bridgehead atoms. The third-order valence-electron chi connectivity index (χ3n) is 3.34. The topological polar surface area (TPSA) is 42.7 Å². The number of aromatic nitrogens is 3. The SMILES string of the molecule is FC(F)(F)c1ccc(Cn2cnc(CNC3CC3)n2)cc1. The van der Waals surface area contributed by atoms with Crippen LogP contribution in [0.4, 0.5) is 13.2 Å². The fourth-order valence-corrected chi connectivity index (χ4v) is 2.00. The molecule has 0 spiro atoms. The van der Waals surface area contributed by atoms with Crippen molar-refractivity contribution < 1.29 is 13.2 Å². The molecular weight excluding hydrogens is 281 g/mol. The van der Waals surface area contributed by atoms with Crippen LogP contribution in [0.3, 0.4) is 0 Å². The van der Waals surface area contributed by atoms with Crippen molar-refractivity contribution in [1.82, 2.24) is 20.1 Å². The van der Waals surface area contributed by atoms with Crippen molar-refractivity contribution in [1.29, 1.82) is 0 Å². The number of hydrogen-bond acceptors (Lipinski definition) is 3. The summed E-state index contributed by atoms with van der Waals surface area (Å²) in [4.78, 5) is 4.18. The van der Waals surface area contributed by atoms with Crippen molar-refractivity contribution in [3.05, 3.63) is 47.5 Å². The maximum atomic E-state index is 12.5. The summed E-state index contributed by atoms with van der Waals surface area (Å²) in [5.74, 6) is 0.703. The number of rotatable bonds is 5. The van der Waals surface area contributed by atoms with Crippen LogP contribution in [0.15, 0.2) is 30.6 Å². The van der Waals surface area contributed by atoms with Gasteiger partial charge < -0.3 is 5.32 Å². The lowest BCUT2D eigenvalue weighted by molar-refractivity contribution is -0.137. The van der Waals surface area contributed by atoms with E-state index in [9.17, 15) is 13.2 Å². The fourth-order valence-electron chi connectivity index (χ4n) is 2.00. The second-order valence-electron chi connectivity index (χ2n) is 5.21. The van der Waals surface area contributed by atoms with E-state index < -0.39 is 11.7 Å². The quantitative estimate of drug-likeness (QED) is 0.922. The Hall–Kier alpha value is -1.89. The Morgan fingerprint density at radius 1 is 1.19 bits per heavy atom. The largest absolute Gasteiger partial charge is 0.416 e. The minimum Gasteiger partial charge on any atom is -0.307 e. The summed E-state index contributed by atoms with van der Waals surface area (Å²) in [5, 5.41) is 7.61. The predicted molar refractivity (Wildman–Crippen MR) is 70.4 cm³/mol. The van der Waals surface area contributed by atoms with Gasteiger partial charge in [0.2, 0.25) is 0 Å². The van der Waals surface area contributed by atoms with E-state index in [1.54, 1.807) is 11.0 Å². The third kappa shape index (κ3) is 3.81. The standard InChI is InChI=1S/C14H15F3N4/c15-14(16,17)11-3-1-10(2-4-11)8-21-9-19-13(20-21)7-18-12-5-6-12/h1-4,9,12,18H,5-8H2. The highest BCUT2D eigenvalue weighted by molar-refractivity contribution is 5.24. The first-order valence-corrected chi connectivity index (χ1v) is 6.78. The number of halogens is 3. The van der Waals surface area contributed by atoms with E-state index in [1.807, 2.05) is 0 Å². The average molecular weight is 296 g/mol. The van der Waals surface area contributed by atoms with Gasteiger partial charge in [0.25, 0.3) is 0 Å². The van der Waals surface area contributed by atoms with E-state index in [0.717, 1.165) is 17.7 Å². The van der Waals surface area contributed by atoms with Gasteiger partial charge in [0.05, 0.1) is 18.7 Å². The molecule has 1 aliphatic carbocycles. The zero-order chi connectivity index (χ0) is 14.9. The molecule has 0 unspecified atom stereocenters. The second-order valence-corrected chi connectivity index (χ2v) is 5.21. The number of nitrogens with one attached hydrogen (secondary N) is 1. The van der Waals surface area contributed by atoms with Crippen LogP contribution < -0.4 is 5.32 Å². The molecule has 1 aromatic carbocycles. The zero-order valence-electron chi connectivity index (χ0n) is 11.3. The lowest BCUT2D eigenvalue weighted by Gasteiger charge is -2.07. The van der Waals surface area contributed by atoms with Gasteiger partial charge in [-0.1, -0.05) is 12.1 Å². The summed E-state index contributed by atoms with van der Waals surface area (Å²) < 4.78 is 39.0. The molecule has 1 heterocycles. The second kappa shape index (κ2) is 5.48. The van der Waals surface area contributed by atoms with Crippen LogP contribution in [0.2, 0.25) is 0 Å². The van der Waals surface area contributed by atoms with Gasteiger partial charge in [-0.25, -0.2) is 9.67 Å². The molecule has 3 rings (SSSR count). The highest BCUT2D eigenvalue weighted by atomic mass is 19.4. The van der Waals surface area contributed by atoms with E-state index in [2.05, 4.69) is 15.4 Å². The molecule has 1 fully saturated rings. The number of hydrogen-bond donors (Lipinski definition) is 1. The van der Waals surface area contributed by atoms with Crippen molar-refractivity contribution >= 4 is 0 Å². The molecule has 0 saturated heterocycles. The monoisotopic (exact) mass is 296 g/mol. The summed E-state index contributed by atoms with van der Waals surface area (Å²) in [7, 11) is 0. The summed E-state index contributed by atoms with van der Waals surface area (Å²) in [6.45, 7) is 1.04. The van der Waals surface area contributed by atoms with Crippen LogP contribution in [0.25, 0.3) is 0 Å². The Labute approximate surface area is 120 Å². The lowest BCUT2D eigenvalue weighted by Crippen LogP contribution is -2.16. The van der Waals surface area contributed by atoms with Gasteiger partial charge in [-0.15, -0.1) is 0 Å². The smallest absolute Gasteiger partial charge is 0.307 e. The molecule has 0 amide bonds. The molecule has 7 heteroatoms. The first-order chi connectivity index (χ1) is 10.0. The highest BCUT2D eigenvalue weighted by Gasteiger charge is 2.29. The van der Waals surface area contributed by atoms with E-state index >= 15 is 0 Å². The van der Waals surface area contributed by atoms with Gasteiger partial charge in [0.15, 0.2) is 5.82 Å². The van der Waals surface area contributed by atoms with Gasteiger partial charge in [-0.3, -0.25) is 0 Å². The highest BCUT2D eigenvalue weighted by Crippen LogP contribution is 2.29. The molecule has 0 radical (unpaired) electrons. The van der Waals surface area contributed by atoms with E-state index in [4.69, 9.17) is 0 Å². The van der Waals surface area contributed by atoms with Crippen molar-refractivity contribution in [2.75, 3.05) is 0 Å².